The minimum atomic E-state index is -1.60. The van der Waals surface area contributed by atoms with Crippen molar-refractivity contribution < 1.29 is 33.2 Å². The number of thioether (sulfide) groups is 1. The van der Waals surface area contributed by atoms with Crippen LogP contribution >= 0.6 is 27.7 Å². The zero-order valence-corrected chi connectivity index (χ0v) is 18.5. The van der Waals surface area contributed by atoms with Crippen molar-refractivity contribution in [3.63, 3.8) is 0 Å². The SMILES string of the molecule is OCC1O[C@H](Sc2ccc(Br)cc2)[C@@H](O)C(n2cc(-c3cc(F)c(F)c(F)c3)nn2)[C@H]1O. The number of aliphatic hydroxyl groups excluding tert-OH is 3. The smallest absolute Gasteiger partial charge is 0.194 e. The summed E-state index contributed by atoms with van der Waals surface area (Å²) in [6.07, 6.45) is -2.39. The summed E-state index contributed by atoms with van der Waals surface area (Å²) in [6, 6.07) is 7.72. The molecule has 0 amide bonds. The lowest BCUT2D eigenvalue weighted by Gasteiger charge is -2.41. The Morgan fingerprint density at radius 1 is 1.06 bits per heavy atom. The van der Waals surface area contributed by atoms with E-state index >= 15 is 0 Å². The molecule has 3 aromatic rings. The van der Waals surface area contributed by atoms with E-state index in [0.29, 0.717) is 0 Å². The molecule has 32 heavy (non-hydrogen) atoms. The summed E-state index contributed by atoms with van der Waals surface area (Å²) >= 11 is 4.54. The van der Waals surface area contributed by atoms with Gasteiger partial charge in [0, 0.05) is 14.9 Å². The molecule has 1 aliphatic rings. The first kappa shape index (κ1) is 23.2. The van der Waals surface area contributed by atoms with Crippen LogP contribution < -0.4 is 0 Å². The van der Waals surface area contributed by atoms with Crippen molar-refractivity contribution in [1.29, 1.82) is 0 Å². The molecule has 0 bridgehead atoms. The average molecular weight is 532 g/mol. The van der Waals surface area contributed by atoms with Crippen LogP contribution in [-0.4, -0.2) is 60.7 Å². The van der Waals surface area contributed by atoms with Crippen molar-refractivity contribution in [2.45, 2.75) is 34.7 Å². The van der Waals surface area contributed by atoms with Crippen LogP contribution in [0.1, 0.15) is 6.04 Å². The normalized spacial score (nSPS) is 25.8. The number of ether oxygens (including phenoxy) is 1. The van der Waals surface area contributed by atoms with E-state index in [2.05, 4.69) is 26.2 Å². The number of hydrogen-bond acceptors (Lipinski definition) is 7. The van der Waals surface area contributed by atoms with Gasteiger partial charge in [-0.1, -0.05) is 32.9 Å². The fraction of sp³-hybridized carbons (Fsp3) is 0.300. The minimum Gasteiger partial charge on any atom is -0.394 e. The molecule has 170 valence electrons. The lowest BCUT2D eigenvalue weighted by atomic mass is 9.97. The molecular weight excluding hydrogens is 515 g/mol. The number of nitrogens with zero attached hydrogens (tertiary/aromatic N) is 3. The van der Waals surface area contributed by atoms with Crippen LogP contribution in [0.25, 0.3) is 11.3 Å². The Morgan fingerprint density at radius 2 is 1.72 bits per heavy atom. The Hall–Kier alpha value is -1.96. The molecule has 1 aliphatic heterocycles. The molecule has 12 heteroatoms. The summed E-state index contributed by atoms with van der Waals surface area (Å²) in [7, 11) is 0. The van der Waals surface area contributed by atoms with E-state index in [1.807, 2.05) is 24.3 Å². The maximum absolute atomic E-state index is 13.6. The Balaban J connectivity index is 1.63. The Bertz CT molecular complexity index is 1080. The summed E-state index contributed by atoms with van der Waals surface area (Å²) in [6.45, 7) is -0.516. The van der Waals surface area contributed by atoms with Crippen LogP contribution in [0.5, 0.6) is 0 Å². The highest BCUT2D eigenvalue weighted by Gasteiger charge is 2.46. The van der Waals surface area contributed by atoms with Crippen molar-refractivity contribution in [3.05, 3.63) is 64.5 Å². The van der Waals surface area contributed by atoms with Crippen molar-refractivity contribution in [2.75, 3.05) is 6.61 Å². The Labute approximate surface area is 193 Å². The van der Waals surface area contributed by atoms with E-state index < -0.39 is 53.8 Å². The van der Waals surface area contributed by atoms with Crippen LogP contribution in [0.3, 0.4) is 0 Å². The zero-order chi connectivity index (χ0) is 23.0. The second-order valence-electron chi connectivity index (χ2n) is 7.11. The molecule has 2 unspecified atom stereocenters. The molecule has 1 fully saturated rings. The first-order valence-corrected chi connectivity index (χ1v) is 11.1. The summed E-state index contributed by atoms with van der Waals surface area (Å²) in [5.41, 5.74) is -0.926. The molecule has 2 heterocycles. The maximum Gasteiger partial charge on any atom is 0.194 e. The van der Waals surface area contributed by atoms with Crippen LogP contribution in [0.2, 0.25) is 0 Å². The van der Waals surface area contributed by atoms with Crippen molar-refractivity contribution in [1.82, 2.24) is 15.0 Å². The van der Waals surface area contributed by atoms with Gasteiger partial charge in [-0.3, -0.25) is 0 Å². The molecule has 0 aliphatic carbocycles. The lowest BCUT2D eigenvalue weighted by molar-refractivity contribution is -0.178. The predicted molar refractivity (Wildman–Crippen MR) is 112 cm³/mol. The van der Waals surface area contributed by atoms with Crippen LogP contribution in [0.4, 0.5) is 13.2 Å². The standard InChI is InChI=1S/C20H17BrF3N3O4S/c21-10-1-3-11(4-2-10)32-20-19(30)17(18(29)15(8-28)31-20)27-7-14(25-26-27)9-5-12(22)16(24)13(23)6-9/h1-7,15,17-20,28-30H,8H2/t15?,17?,18-,19-,20+/m0/s1. The quantitative estimate of drug-likeness (QED) is 0.435. The molecule has 1 aromatic heterocycles. The number of aliphatic hydroxyl groups is 3. The van der Waals surface area contributed by atoms with Gasteiger partial charge in [-0.2, -0.15) is 0 Å². The predicted octanol–water partition coefficient (Wildman–Crippen LogP) is 2.90. The fourth-order valence-corrected chi connectivity index (χ4v) is 4.71. The second-order valence-corrected chi connectivity index (χ2v) is 9.19. The van der Waals surface area contributed by atoms with Gasteiger partial charge in [0.25, 0.3) is 0 Å². The van der Waals surface area contributed by atoms with Gasteiger partial charge in [-0.25, -0.2) is 17.9 Å². The fourth-order valence-electron chi connectivity index (χ4n) is 3.38. The summed E-state index contributed by atoms with van der Waals surface area (Å²) in [5.74, 6) is -4.37. The van der Waals surface area contributed by atoms with Crippen LogP contribution in [0, 0.1) is 17.5 Å². The summed E-state index contributed by atoms with van der Waals surface area (Å²) in [4.78, 5) is 0.778. The minimum absolute atomic E-state index is 0.00588. The number of rotatable bonds is 5. The lowest BCUT2D eigenvalue weighted by Crippen LogP contribution is -2.55. The van der Waals surface area contributed by atoms with Crippen LogP contribution in [-0.2, 0) is 4.74 Å². The first-order chi connectivity index (χ1) is 15.3. The highest BCUT2D eigenvalue weighted by Crippen LogP contribution is 2.38. The van der Waals surface area contributed by atoms with Crippen molar-refractivity contribution in [2.24, 2.45) is 0 Å². The third kappa shape index (κ3) is 4.56. The Morgan fingerprint density at radius 3 is 2.34 bits per heavy atom. The van der Waals surface area contributed by atoms with Crippen molar-refractivity contribution in [3.8, 4) is 11.3 Å². The zero-order valence-electron chi connectivity index (χ0n) is 16.1. The van der Waals surface area contributed by atoms with E-state index in [-0.39, 0.29) is 11.3 Å². The first-order valence-electron chi connectivity index (χ1n) is 9.40. The third-order valence-electron chi connectivity index (χ3n) is 5.01. The molecule has 0 spiro atoms. The van der Waals surface area contributed by atoms with Gasteiger partial charge in [0.15, 0.2) is 17.5 Å². The molecule has 7 nitrogen and oxygen atoms in total. The number of benzene rings is 2. The number of hydrogen-bond donors (Lipinski definition) is 3. The summed E-state index contributed by atoms with van der Waals surface area (Å²) in [5, 5.41) is 39.0. The highest BCUT2D eigenvalue weighted by molar-refractivity contribution is 9.10. The third-order valence-corrected chi connectivity index (χ3v) is 6.70. The second kappa shape index (κ2) is 9.49. The van der Waals surface area contributed by atoms with Gasteiger partial charge in [0.05, 0.1) is 12.8 Å². The van der Waals surface area contributed by atoms with Gasteiger partial charge in [-0.15, -0.1) is 5.10 Å². The van der Waals surface area contributed by atoms with Crippen LogP contribution in [0.15, 0.2) is 52.0 Å². The van der Waals surface area contributed by atoms with Gasteiger partial charge in [-0.05, 0) is 36.4 Å². The van der Waals surface area contributed by atoms with Gasteiger partial charge in [0.2, 0.25) is 0 Å². The molecule has 3 N–H and O–H groups in total. The van der Waals surface area contributed by atoms with Gasteiger partial charge >= 0.3 is 0 Å². The van der Waals surface area contributed by atoms with Crippen molar-refractivity contribution >= 4 is 27.7 Å². The molecule has 0 radical (unpaired) electrons. The van der Waals surface area contributed by atoms with E-state index in [1.165, 1.54) is 18.0 Å². The molecule has 2 aromatic carbocycles. The molecule has 5 atom stereocenters. The van der Waals surface area contributed by atoms with Gasteiger partial charge in [0.1, 0.15) is 35.5 Å². The molecular formula is C20H17BrF3N3O4S. The van der Waals surface area contributed by atoms with E-state index in [0.717, 1.165) is 26.2 Å². The van der Waals surface area contributed by atoms with E-state index in [1.54, 1.807) is 0 Å². The summed E-state index contributed by atoms with van der Waals surface area (Å²) < 4.78 is 48.1. The van der Waals surface area contributed by atoms with E-state index in [4.69, 9.17) is 4.74 Å². The monoisotopic (exact) mass is 531 g/mol. The molecule has 0 saturated carbocycles. The largest absolute Gasteiger partial charge is 0.394 e. The Kier molecular flexibility index (Phi) is 6.89. The number of aromatic nitrogens is 3. The average Bonchev–Trinajstić information content (AvgIpc) is 3.25. The molecule has 1 saturated heterocycles. The topological polar surface area (TPSA) is 101 Å². The number of halogens is 4. The van der Waals surface area contributed by atoms with Gasteiger partial charge < -0.3 is 20.1 Å². The van der Waals surface area contributed by atoms with E-state index in [9.17, 15) is 28.5 Å². The molecule has 4 rings (SSSR count). The highest BCUT2D eigenvalue weighted by atomic mass is 79.9. The maximum atomic E-state index is 13.6.